The van der Waals surface area contributed by atoms with Gasteiger partial charge < -0.3 is 15.8 Å². The van der Waals surface area contributed by atoms with Crippen LogP contribution in [0.1, 0.15) is 12.1 Å². The van der Waals surface area contributed by atoms with Crippen LogP contribution in [0.5, 0.6) is 0 Å². The lowest BCUT2D eigenvalue weighted by Crippen LogP contribution is -2.02. The number of hydrogen-bond donors (Lipinski definition) is 1. The second-order valence-corrected chi connectivity index (χ2v) is 3.18. The molecule has 0 aliphatic carbocycles. The van der Waals surface area contributed by atoms with Crippen LogP contribution in [0.4, 0.5) is 20.3 Å². The highest BCUT2D eigenvalue weighted by molar-refractivity contribution is 9.10. The van der Waals surface area contributed by atoms with Crippen molar-refractivity contribution in [1.29, 1.82) is 0 Å². The standard InChI is InChI=1S/C6H4BrF2N3O2/c7-2-1-3(10)6(12(13)14)11-4(2)5(8)9/h1,5H,10H2. The predicted octanol–water partition coefficient (Wildman–Crippen LogP) is 2.27. The molecule has 0 amide bonds. The molecule has 0 bridgehead atoms. The van der Waals surface area contributed by atoms with Crippen molar-refractivity contribution in [2.24, 2.45) is 0 Å². The van der Waals surface area contributed by atoms with Crippen molar-refractivity contribution in [3.05, 3.63) is 26.3 Å². The molecule has 0 saturated carbocycles. The van der Waals surface area contributed by atoms with Gasteiger partial charge in [0.15, 0.2) is 0 Å². The molecule has 0 saturated heterocycles. The van der Waals surface area contributed by atoms with Gasteiger partial charge in [0.05, 0.1) is 4.47 Å². The lowest BCUT2D eigenvalue weighted by atomic mass is 10.3. The molecule has 8 heteroatoms. The molecular weight excluding hydrogens is 264 g/mol. The predicted molar refractivity (Wildman–Crippen MR) is 48.0 cm³/mol. The van der Waals surface area contributed by atoms with Gasteiger partial charge in [0.2, 0.25) is 5.69 Å². The number of nitrogens with two attached hydrogens (primary N) is 1. The van der Waals surface area contributed by atoms with Gasteiger partial charge in [-0.3, -0.25) is 0 Å². The number of anilines is 1. The van der Waals surface area contributed by atoms with E-state index < -0.39 is 22.9 Å². The zero-order chi connectivity index (χ0) is 10.9. The lowest BCUT2D eigenvalue weighted by Gasteiger charge is -2.01. The van der Waals surface area contributed by atoms with Gasteiger partial charge in [-0.2, -0.15) is 0 Å². The first kappa shape index (κ1) is 10.8. The molecule has 1 rings (SSSR count). The third kappa shape index (κ3) is 1.95. The third-order valence-electron chi connectivity index (χ3n) is 1.39. The molecule has 2 N–H and O–H groups in total. The Morgan fingerprint density at radius 3 is 2.64 bits per heavy atom. The van der Waals surface area contributed by atoms with Crippen LogP contribution in [-0.4, -0.2) is 9.91 Å². The van der Waals surface area contributed by atoms with E-state index in [0.29, 0.717) is 0 Å². The van der Waals surface area contributed by atoms with Crippen LogP contribution in [-0.2, 0) is 0 Å². The van der Waals surface area contributed by atoms with E-state index in [1.165, 1.54) is 0 Å². The SMILES string of the molecule is Nc1cc(Br)c(C(F)F)nc1[N+](=O)[O-]. The number of nitrogens with zero attached hydrogens (tertiary/aromatic N) is 2. The zero-order valence-corrected chi connectivity index (χ0v) is 8.16. The largest absolute Gasteiger partial charge is 0.392 e. The Kier molecular flexibility index (Phi) is 2.94. The summed E-state index contributed by atoms with van der Waals surface area (Å²) in [6.45, 7) is 0. The van der Waals surface area contributed by atoms with Crippen molar-refractivity contribution in [2.45, 2.75) is 6.43 Å². The Hall–Kier alpha value is -1.31. The first-order chi connectivity index (χ1) is 6.43. The average Bonchev–Trinajstić information content (AvgIpc) is 2.02. The summed E-state index contributed by atoms with van der Waals surface area (Å²) in [4.78, 5) is 12.6. The second-order valence-electron chi connectivity index (χ2n) is 2.33. The van der Waals surface area contributed by atoms with E-state index in [0.717, 1.165) is 6.07 Å². The number of rotatable bonds is 2. The molecule has 1 aromatic rings. The molecule has 0 aliphatic rings. The molecule has 0 aliphatic heterocycles. The maximum Gasteiger partial charge on any atom is 0.387 e. The minimum absolute atomic E-state index is 0.0457. The van der Waals surface area contributed by atoms with Crippen LogP contribution in [0.25, 0.3) is 0 Å². The van der Waals surface area contributed by atoms with Gasteiger partial charge in [-0.1, -0.05) is 0 Å². The van der Waals surface area contributed by atoms with Crippen LogP contribution in [0, 0.1) is 10.1 Å². The highest BCUT2D eigenvalue weighted by atomic mass is 79.9. The maximum absolute atomic E-state index is 12.2. The van der Waals surface area contributed by atoms with E-state index in [9.17, 15) is 18.9 Å². The Morgan fingerprint density at radius 2 is 2.21 bits per heavy atom. The smallest absolute Gasteiger partial charge is 0.387 e. The molecule has 0 aromatic carbocycles. The number of nitrogen functional groups attached to an aromatic ring is 1. The molecule has 0 unspecified atom stereocenters. The van der Waals surface area contributed by atoms with Crippen LogP contribution in [0.2, 0.25) is 0 Å². The van der Waals surface area contributed by atoms with Gasteiger partial charge in [-0.05, 0) is 31.9 Å². The minimum Gasteiger partial charge on any atom is -0.392 e. The summed E-state index contributed by atoms with van der Waals surface area (Å²) in [5.41, 5.74) is 4.27. The fourth-order valence-corrected chi connectivity index (χ4v) is 1.31. The molecule has 0 radical (unpaired) electrons. The Bertz CT molecular complexity index is 386. The second kappa shape index (κ2) is 3.82. The van der Waals surface area contributed by atoms with E-state index in [-0.39, 0.29) is 10.2 Å². The first-order valence-corrected chi connectivity index (χ1v) is 4.11. The molecule has 1 heterocycles. The monoisotopic (exact) mass is 267 g/mol. The van der Waals surface area contributed by atoms with Crippen molar-refractivity contribution in [3.63, 3.8) is 0 Å². The molecule has 1 aromatic heterocycles. The van der Waals surface area contributed by atoms with Crippen molar-refractivity contribution in [2.75, 3.05) is 5.73 Å². The van der Waals surface area contributed by atoms with E-state index in [2.05, 4.69) is 20.9 Å². The molecular formula is C6H4BrF2N3O2. The van der Waals surface area contributed by atoms with Gasteiger partial charge >= 0.3 is 12.2 Å². The van der Waals surface area contributed by atoms with E-state index in [1.54, 1.807) is 0 Å². The normalized spacial score (nSPS) is 10.6. The van der Waals surface area contributed by atoms with Crippen molar-refractivity contribution in [3.8, 4) is 0 Å². The van der Waals surface area contributed by atoms with Crippen LogP contribution >= 0.6 is 15.9 Å². The summed E-state index contributed by atoms with van der Waals surface area (Å²) in [5, 5.41) is 10.3. The summed E-state index contributed by atoms with van der Waals surface area (Å²) in [5.74, 6) is -0.761. The highest BCUT2D eigenvalue weighted by Crippen LogP contribution is 2.31. The van der Waals surface area contributed by atoms with Crippen molar-refractivity contribution >= 4 is 27.4 Å². The molecule has 0 fully saturated rings. The third-order valence-corrected chi connectivity index (χ3v) is 2.03. The van der Waals surface area contributed by atoms with Crippen molar-refractivity contribution in [1.82, 2.24) is 4.98 Å². The minimum atomic E-state index is -2.89. The Labute approximate surface area is 85.2 Å². The molecule has 14 heavy (non-hydrogen) atoms. The van der Waals surface area contributed by atoms with Gasteiger partial charge in [0, 0.05) is 0 Å². The van der Waals surface area contributed by atoms with E-state index >= 15 is 0 Å². The molecule has 0 atom stereocenters. The zero-order valence-electron chi connectivity index (χ0n) is 6.58. The van der Waals surface area contributed by atoms with Crippen LogP contribution < -0.4 is 5.73 Å². The number of nitro groups is 1. The maximum atomic E-state index is 12.2. The number of alkyl halides is 2. The molecule has 5 nitrogen and oxygen atoms in total. The molecule has 0 spiro atoms. The van der Waals surface area contributed by atoms with E-state index in [1.807, 2.05) is 0 Å². The summed E-state index contributed by atoms with van der Waals surface area (Å²) >= 11 is 2.79. The quantitative estimate of drug-likeness (QED) is 0.658. The van der Waals surface area contributed by atoms with Crippen LogP contribution in [0.15, 0.2) is 10.5 Å². The Morgan fingerprint density at radius 1 is 1.64 bits per heavy atom. The Balaban J connectivity index is 3.34. The molecule has 76 valence electrons. The summed E-state index contributed by atoms with van der Waals surface area (Å²) in [7, 11) is 0. The van der Waals surface area contributed by atoms with Crippen molar-refractivity contribution < 1.29 is 13.7 Å². The van der Waals surface area contributed by atoms with Gasteiger partial charge in [-0.25, -0.2) is 8.78 Å². The van der Waals surface area contributed by atoms with E-state index in [4.69, 9.17) is 5.73 Å². The average molecular weight is 268 g/mol. The van der Waals surface area contributed by atoms with Gasteiger partial charge in [0.1, 0.15) is 5.69 Å². The summed E-state index contributed by atoms with van der Waals surface area (Å²) < 4.78 is 24.4. The number of hydrogen-bond acceptors (Lipinski definition) is 4. The highest BCUT2D eigenvalue weighted by Gasteiger charge is 2.25. The first-order valence-electron chi connectivity index (χ1n) is 3.32. The van der Waals surface area contributed by atoms with Gasteiger partial charge in [0.25, 0.3) is 0 Å². The lowest BCUT2D eigenvalue weighted by molar-refractivity contribution is -0.388. The van der Waals surface area contributed by atoms with Crippen LogP contribution in [0.3, 0.4) is 0 Å². The number of pyridine rings is 1. The summed E-state index contributed by atoms with van der Waals surface area (Å²) in [6.07, 6.45) is -2.89. The fourth-order valence-electron chi connectivity index (χ4n) is 0.806. The number of aromatic nitrogens is 1. The van der Waals surface area contributed by atoms with Gasteiger partial charge in [-0.15, -0.1) is 0 Å². The fraction of sp³-hybridized carbons (Fsp3) is 0.167. The topological polar surface area (TPSA) is 82.0 Å². The number of halogens is 3. The summed E-state index contributed by atoms with van der Waals surface area (Å²) in [6, 6.07) is 1.03.